The van der Waals surface area contributed by atoms with Gasteiger partial charge in [-0.25, -0.2) is 0 Å². The highest BCUT2D eigenvalue weighted by molar-refractivity contribution is 4.94. The highest BCUT2D eigenvalue weighted by atomic mass is 15.3. The highest BCUT2D eigenvalue weighted by Gasteiger charge is 2.35. The van der Waals surface area contributed by atoms with E-state index < -0.39 is 0 Å². The van der Waals surface area contributed by atoms with E-state index in [-0.39, 0.29) is 0 Å². The Bertz CT molecular complexity index is 256. The monoisotopic (exact) mass is 239 g/mol. The fraction of sp³-hybridized carbons (Fsp3) is 1.00. The molecule has 2 saturated heterocycles. The average Bonchev–Trinajstić information content (AvgIpc) is 2.24. The Kier molecular flexibility index (Phi) is 3.81. The van der Waals surface area contributed by atoms with E-state index in [0.29, 0.717) is 11.1 Å². The minimum atomic E-state index is 0.323. The van der Waals surface area contributed by atoms with Gasteiger partial charge in [0, 0.05) is 37.3 Å². The molecular formula is C14H29N3. The summed E-state index contributed by atoms with van der Waals surface area (Å²) in [6.07, 6.45) is 4.07. The van der Waals surface area contributed by atoms with E-state index in [1.807, 2.05) is 0 Å². The topological polar surface area (TPSA) is 18.5 Å². The number of hydrogen-bond acceptors (Lipinski definition) is 3. The first-order chi connectivity index (χ1) is 7.91. The van der Waals surface area contributed by atoms with Gasteiger partial charge < -0.3 is 5.32 Å². The molecule has 0 aromatic heterocycles. The Morgan fingerprint density at radius 2 is 1.88 bits per heavy atom. The Labute approximate surface area is 107 Å². The van der Waals surface area contributed by atoms with E-state index in [9.17, 15) is 0 Å². The van der Waals surface area contributed by atoms with E-state index in [2.05, 4.69) is 42.9 Å². The van der Waals surface area contributed by atoms with Crippen LogP contribution < -0.4 is 5.32 Å². The van der Waals surface area contributed by atoms with Gasteiger partial charge in [0.25, 0.3) is 0 Å². The van der Waals surface area contributed by atoms with Gasteiger partial charge in [0.05, 0.1) is 0 Å². The quantitative estimate of drug-likeness (QED) is 0.789. The first-order valence-corrected chi connectivity index (χ1v) is 7.10. The summed E-state index contributed by atoms with van der Waals surface area (Å²) in [6, 6.07) is 0. The Morgan fingerprint density at radius 3 is 2.47 bits per heavy atom. The van der Waals surface area contributed by atoms with E-state index >= 15 is 0 Å². The third-order valence-corrected chi connectivity index (χ3v) is 4.68. The lowest BCUT2D eigenvalue weighted by Gasteiger charge is -2.48. The molecule has 0 spiro atoms. The van der Waals surface area contributed by atoms with Crippen molar-refractivity contribution in [2.45, 2.75) is 51.1 Å². The van der Waals surface area contributed by atoms with Crippen LogP contribution in [-0.4, -0.2) is 60.6 Å². The van der Waals surface area contributed by atoms with Gasteiger partial charge in [-0.1, -0.05) is 6.42 Å². The number of rotatable bonds is 2. The number of nitrogens with zero attached hydrogens (tertiary/aromatic N) is 2. The van der Waals surface area contributed by atoms with Gasteiger partial charge in [0.15, 0.2) is 0 Å². The van der Waals surface area contributed by atoms with Crippen LogP contribution in [0.3, 0.4) is 0 Å². The van der Waals surface area contributed by atoms with Crippen molar-refractivity contribution < 1.29 is 0 Å². The molecule has 0 saturated carbocycles. The maximum atomic E-state index is 3.73. The lowest BCUT2D eigenvalue weighted by molar-refractivity contribution is 0.0228. The molecular weight excluding hydrogens is 210 g/mol. The largest absolute Gasteiger partial charge is 0.310 e. The van der Waals surface area contributed by atoms with Crippen molar-refractivity contribution in [3.8, 4) is 0 Å². The summed E-state index contributed by atoms with van der Waals surface area (Å²) >= 11 is 0. The highest BCUT2D eigenvalue weighted by Crippen LogP contribution is 2.24. The zero-order chi connectivity index (χ0) is 12.5. The second-order valence-corrected chi connectivity index (χ2v) is 6.89. The molecule has 2 fully saturated rings. The third kappa shape index (κ3) is 3.21. The molecule has 3 heteroatoms. The molecule has 0 aromatic rings. The van der Waals surface area contributed by atoms with Crippen LogP contribution in [0, 0.1) is 0 Å². The van der Waals surface area contributed by atoms with Gasteiger partial charge in [0.2, 0.25) is 0 Å². The van der Waals surface area contributed by atoms with Crippen LogP contribution in [0.15, 0.2) is 0 Å². The number of piperidine rings is 1. The van der Waals surface area contributed by atoms with E-state index in [4.69, 9.17) is 0 Å². The molecule has 1 N–H and O–H groups in total. The SMILES string of the molecule is CN1CCN(CC2(C)CCCCN2)CC1(C)C. The summed E-state index contributed by atoms with van der Waals surface area (Å²) < 4.78 is 0. The molecule has 1 atom stereocenters. The van der Waals surface area contributed by atoms with Crippen molar-refractivity contribution in [3.63, 3.8) is 0 Å². The lowest BCUT2D eigenvalue weighted by Crippen LogP contribution is -2.62. The standard InChI is InChI=1S/C14H29N3/c1-13(2)11-17(10-9-16(13)4)12-14(3)7-5-6-8-15-14/h15H,5-12H2,1-4H3. The van der Waals surface area contributed by atoms with Gasteiger partial charge >= 0.3 is 0 Å². The summed E-state index contributed by atoms with van der Waals surface area (Å²) in [5.41, 5.74) is 0.674. The normalized spacial score (nSPS) is 36.0. The van der Waals surface area contributed by atoms with Gasteiger partial charge in [-0.05, 0) is 47.2 Å². The Balaban J connectivity index is 1.91. The number of likely N-dealkylation sites (N-methyl/N-ethyl adjacent to an activating group) is 1. The summed E-state index contributed by atoms with van der Waals surface area (Å²) in [6.45, 7) is 13.1. The first kappa shape index (κ1) is 13.3. The molecule has 0 bridgehead atoms. The van der Waals surface area contributed by atoms with Crippen molar-refractivity contribution in [3.05, 3.63) is 0 Å². The molecule has 0 aliphatic carbocycles. The molecule has 0 aromatic carbocycles. The second kappa shape index (κ2) is 4.87. The zero-order valence-electron chi connectivity index (χ0n) is 12.1. The molecule has 2 heterocycles. The van der Waals surface area contributed by atoms with Crippen molar-refractivity contribution in [1.29, 1.82) is 0 Å². The number of nitrogens with one attached hydrogen (secondary N) is 1. The molecule has 17 heavy (non-hydrogen) atoms. The van der Waals surface area contributed by atoms with Gasteiger partial charge in [-0.3, -0.25) is 9.80 Å². The molecule has 2 aliphatic rings. The molecule has 1 unspecified atom stereocenters. The molecule has 0 radical (unpaired) electrons. The predicted octanol–water partition coefficient (Wildman–Crippen LogP) is 1.54. The lowest BCUT2D eigenvalue weighted by atomic mass is 9.89. The number of piperazine rings is 1. The second-order valence-electron chi connectivity index (χ2n) is 6.89. The van der Waals surface area contributed by atoms with Crippen molar-refractivity contribution >= 4 is 0 Å². The van der Waals surface area contributed by atoms with Gasteiger partial charge in [-0.15, -0.1) is 0 Å². The van der Waals surface area contributed by atoms with Crippen LogP contribution in [0.2, 0.25) is 0 Å². The summed E-state index contributed by atoms with van der Waals surface area (Å²) in [7, 11) is 2.25. The fourth-order valence-corrected chi connectivity index (χ4v) is 3.22. The third-order valence-electron chi connectivity index (χ3n) is 4.68. The maximum absolute atomic E-state index is 3.73. The maximum Gasteiger partial charge on any atom is 0.0280 e. The molecule has 2 aliphatic heterocycles. The fourth-order valence-electron chi connectivity index (χ4n) is 3.22. The molecule has 100 valence electrons. The zero-order valence-corrected chi connectivity index (χ0v) is 12.1. The van der Waals surface area contributed by atoms with Gasteiger partial charge in [0.1, 0.15) is 0 Å². The van der Waals surface area contributed by atoms with E-state index in [1.54, 1.807) is 0 Å². The summed E-state index contributed by atoms with van der Waals surface area (Å²) in [5.74, 6) is 0. The Morgan fingerprint density at radius 1 is 1.12 bits per heavy atom. The minimum Gasteiger partial charge on any atom is -0.310 e. The van der Waals surface area contributed by atoms with Crippen molar-refractivity contribution in [1.82, 2.24) is 15.1 Å². The summed E-state index contributed by atoms with van der Waals surface area (Å²) in [5, 5.41) is 3.73. The van der Waals surface area contributed by atoms with Crippen LogP contribution in [0.25, 0.3) is 0 Å². The van der Waals surface area contributed by atoms with Crippen LogP contribution in [0.5, 0.6) is 0 Å². The molecule has 0 amide bonds. The van der Waals surface area contributed by atoms with E-state index in [1.165, 1.54) is 52.0 Å². The smallest absolute Gasteiger partial charge is 0.0280 e. The first-order valence-electron chi connectivity index (χ1n) is 7.10. The van der Waals surface area contributed by atoms with Crippen molar-refractivity contribution in [2.75, 3.05) is 39.8 Å². The Hall–Kier alpha value is -0.120. The van der Waals surface area contributed by atoms with Crippen LogP contribution in [-0.2, 0) is 0 Å². The minimum absolute atomic E-state index is 0.323. The predicted molar refractivity (Wildman–Crippen MR) is 73.4 cm³/mol. The number of hydrogen-bond donors (Lipinski definition) is 1. The molecule has 3 nitrogen and oxygen atoms in total. The van der Waals surface area contributed by atoms with Crippen LogP contribution >= 0.6 is 0 Å². The summed E-state index contributed by atoms with van der Waals surface area (Å²) in [4.78, 5) is 5.14. The van der Waals surface area contributed by atoms with Crippen LogP contribution in [0.4, 0.5) is 0 Å². The van der Waals surface area contributed by atoms with Crippen LogP contribution in [0.1, 0.15) is 40.0 Å². The average molecular weight is 239 g/mol. The van der Waals surface area contributed by atoms with Crippen molar-refractivity contribution in [2.24, 2.45) is 0 Å². The van der Waals surface area contributed by atoms with E-state index in [0.717, 1.165) is 0 Å². The van der Waals surface area contributed by atoms with Gasteiger partial charge in [-0.2, -0.15) is 0 Å². The molecule has 2 rings (SSSR count).